The molecule has 2 aromatic rings. The molecule has 0 radical (unpaired) electrons. The fraction of sp³-hybridized carbons (Fsp3) is 0.429. The van der Waals surface area contributed by atoms with Crippen molar-refractivity contribution in [2.75, 3.05) is 7.05 Å². The van der Waals surface area contributed by atoms with Crippen molar-refractivity contribution in [3.05, 3.63) is 40.6 Å². The van der Waals surface area contributed by atoms with Crippen molar-refractivity contribution in [3.63, 3.8) is 0 Å². The minimum atomic E-state index is 0.811. The molecule has 0 aliphatic rings. The Bertz CT molecular complexity index is 569. The Kier molecular flexibility index (Phi) is 3.48. The van der Waals surface area contributed by atoms with E-state index in [2.05, 4.69) is 39.8 Å². The van der Waals surface area contributed by atoms with Crippen molar-refractivity contribution < 1.29 is 0 Å². The predicted octanol–water partition coefficient (Wildman–Crippen LogP) is 2.22. The summed E-state index contributed by atoms with van der Waals surface area (Å²) < 4.78 is 2.07. The van der Waals surface area contributed by atoms with Gasteiger partial charge in [0.1, 0.15) is 12.1 Å². The van der Waals surface area contributed by atoms with Crippen LogP contribution in [0.25, 0.3) is 5.82 Å². The van der Waals surface area contributed by atoms with Crippen LogP contribution in [0.4, 0.5) is 0 Å². The summed E-state index contributed by atoms with van der Waals surface area (Å²) in [6, 6.07) is 2.12. The second kappa shape index (κ2) is 4.90. The third-order valence-electron chi connectivity index (χ3n) is 3.29. The first-order valence-corrected chi connectivity index (χ1v) is 6.17. The number of imidazole rings is 1. The first-order chi connectivity index (χ1) is 8.54. The van der Waals surface area contributed by atoms with E-state index < -0.39 is 0 Å². The number of nitrogens with zero attached hydrogens (tertiary/aromatic N) is 3. The minimum Gasteiger partial charge on any atom is -0.316 e. The van der Waals surface area contributed by atoms with Crippen molar-refractivity contribution in [2.45, 2.75) is 34.2 Å². The van der Waals surface area contributed by atoms with Crippen molar-refractivity contribution in [1.29, 1.82) is 0 Å². The van der Waals surface area contributed by atoms with Gasteiger partial charge in [-0.1, -0.05) is 0 Å². The van der Waals surface area contributed by atoms with Gasteiger partial charge >= 0.3 is 0 Å². The molecule has 0 aliphatic heterocycles. The van der Waals surface area contributed by atoms with Crippen LogP contribution in [0, 0.1) is 27.7 Å². The molecule has 0 spiro atoms. The van der Waals surface area contributed by atoms with Crippen molar-refractivity contribution in [1.82, 2.24) is 19.9 Å². The summed E-state index contributed by atoms with van der Waals surface area (Å²) in [7, 11) is 1.95. The van der Waals surface area contributed by atoms with Gasteiger partial charge in [-0.05, 0) is 46.4 Å². The Morgan fingerprint density at radius 2 is 1.94 bits per heavy atom. The molecule has 4 heteroatoms. The molecular formula is C14H20N4. The average Bonchev–Trinajstić information content (AvgIpc) is 2.63. The van der Waals surface area contributed by atoms with Gasteiger partial charge < -0.3 is 5.32 Å². The van der Waals surface area contributed by atoms with E-state index in [0.717, 1.165) is 29.4 Å². The number of aryl methyl sites for hydroxylation is 3. The molecular weight excluding hydrogens is 224 g/mol. The predicted molar refractivity (Wildman–Crippen MR) is 73.1 cm³/mol. The molecule has 0 bridgehead atoms. The van der Waals surface area contributed by atoms with Crippen molar-refractivity contribution in [3.8, 4) is 5.82 Å². The zero-order valence-corrected chi connectivity index (χ0v) is 11.7. The van der Waals surface area contributed by atoms with Crippen LogP contribution in [0.5, 0.6) is 0 Å². The molecule has 2 rings (SSSR count). The largest absolute Gasteiger partial charge is 0.316 e. The molecule has 0 aromatic carbocycles. The zero-order valence-electron chi connectivity index (χ0n) is 11.7. The Hall–Kier alpha value is -1.68. The van der Waals surface area contributed by atoms with Crippen molar-refractivity contribution in [2.24, 2.45) is 0 Å². The summed E-state index contributed by atoms with van der Waals surface area (Å²) >= 11 is 0. The maximum Gasteiger partial charge on any atom is 0.143 e. The summed E-state index contributed by atoms with van der Waals surface area (Å²) in [5.41, 5.74) is 5.71. The number of aromatic nitrogens is 3. The molecule has 0 amide bonds. The second-order valence-electron chi connectivity index (χ2n) is 4.70. The van der Waals surface area contributed by atoms with Gasteiger partial charge in [0.05, 0.1) is 5.69 Å². The lowest BCUT2D eigenvalue weighted by Crippen LogP contribution is -2.13. The van der Waals surface area contributed by atoms with Crippen LogP contribution in [-0.2, 0) is 6.54 Å². The first kappa shape index (κ1) is 12.8. The lowest BCUT2D eigenvalue weighted by Gasteiger charge is -2.14. The first-order valence-electron chi connectivity index (χ1n) is 6.17. The Balaban J connectivity index is 2.65. The van der Waals surface area contributed by atoms with E-state index in [0.29, 0.717) is 0 Å². The topological polar surface area (TPSA) is 42.7 Å². The van der Waals surface area contributed by atoms with E-state index in [1.807, 2.05) is 27.2 Å². The highest BCUT2D eigenvalue weighted by Crippen LogP contribution is 2.20. The maximum atomic E-state index is 4.68. The summed E-state index contributed by atoms with van der Waals surface area (Å²) in [5.74, 6) is 0.986. The fourth-order valence-corrected chi connectivity index (χ4v) is 2.15. The van der Waals surface area contributed by atoms with Gasteiger partial charge in [-0.15, -0.1) is 0 Å². The third-order valence-corrected chi connectivity index (χ3v) is 3.29. The molecule has 0 saturated heterocycles. The van der Waals surface area contributed by atoms with Crippen molar-refractivity contribution >= 4 is 0 Å². The van der Waals surface area contributed by atoms with Crippen LogP contribution < -0.4 is 5.32 Å². The highest BCUT2D eigenvalue weighted by Gasteiger charge is 2.13. The molecule has 2 aromatic heterocycles. The fourth-order valence-electron chi connectivity index (χ4n) is 2.15. The van der Waals surface area contributed by atoms with E-state index in [9.17, 15) is 0 Å². The minimum absolute atomic E-state index is 0.811. The molecule has 96 valence electrons. The highest BCUT2D eigenvalue weighted by atomic mass is 15.1. The Morgan fingerprint density at radius 3 is 2.50 bits per heavy atom. The van der Waals surface area contributed by atoms with E-state index >= 15 is 0 Å². The van der Waals surface area contributed by atoms with Crippen LogP contribution in [-0.4, -0.2) is 21.6 Å². The summed E-state index contributed by atoms with van der Waals surface area (Å²) in [5, 5.41) is 3.21. The number of rotatable bonds is 3. The van der Waals surface area contributed by atoms with Gasteiger partial charge in [-0.2, -0.15) is 0 Å². The standard InChI is InChI=1S/C14H20N4/c1-9-6-10(2)17-14(13(9)7-15-5)18-8-16-11(3)12(18)4/h6,8,15H,7H2,1-5H3. The maximum absolute atomic E-state index is 4.68. The lowest BCUT2D eigenvalue weighted by molar-refractivity contribution is 0.784. The van der Waals surface area contributed by atoms with Crippen LogP contribution in [0.1, 0.15) is 28.2 Å². The zero-order chi connectivity index (χ0) is 13.3. The lowest BCUT2D eigenvalue weighted by atomic mass is 10.1. The van der Waals surface area contributed by atoms with Crippen LogP contribution in [0.3, 0.4) is 0 Å². The summed E-state index contributed by atoms with van der Waals surface area (Å²) in [6.07, 6.45) is 1.85. The van der Waals surface area contributed by atoms with Crippen LogP contribution >= 0.6 is 0 Å². The normalized spacial score (nSPS) is 10.9. The molecule has 18 heavy (non-hydrogen) atoms. The smallest absolute Gasteiger partial charge is 0.143 e. The molecule has 0 fully saturated rings. The summed E-state index contributed by atoms with van der Waals surface area (Å²) in [4.78, 5) is 9.04. The summed E-state index contributed by atoms with van der Waals surface area (Å²) in [6.45, 7) is 9.06. The highest BCUT2D eigenvalue weighted by molar-refractivity contribution is 5.42. The molecule has 0 aliphatic carbocycles. The van der Waals surface area contributed by atoms with Gasteiger partial charge in [-0.3, -0.25) is 4.57 Å². The van der Waals surface area contributed by atoms with E-state index in [-0.39, 0.29) is 0 Å². The molecule has 0 saturated carbocycles. The number of nitrogens with one attached hydrogen (secondary N) is 1. The quantitative estimate of drug-likeness (QED) is 0.900. The second-order valence-corrected chi connectivity index (χ2v) is 4.70. The molecule has 1 N–H and O–H groups in total. The molecule has 0 atom stereocenters. The molecule has 2 heterocycles. The van der Waals surface area contributed by atoms with E-state index in [1.165, 1.54) is 11.1 Å². The third kappa shape index (κ3) is 2.16. The van der Waals surface area contributed by atoms with Crippen LogP contribution in [0.15, 0.2) is 12.4 Å². The van der Waals surface area contributed by atoms with Gasteiger partial charge in [0.25, 0.3) is 0 Å². The van der Waals surface area contributed by atoms with E-state index in [4.69, 9.17) is 0 Å². The van der Waals surface area contributed by atoms with Gasteiger partial charge in [0, 0.05) is 23.5 Å². The van der Waals surface area contributed by atoms with Gasteiger partial charge in [0.2, 0.25) is 0 Å². The number of hydrogen-bond donors (Lipinski definition) is 1. The van der Waals surface area contributed by atoms with Crippen LogP contribution in [0.2, 0.25) is 0 Å². The Labute approximate surface area is 108 Å². The monoisotopic (exact) mass is 244 g/mol. The van der Waals surface area contributed by atoms with Gasteiger partial charge in [-0.25, -0.2) is 9.97 Å². The average molecular weight is 244 g/mol. The van der Waals surface area contributed by atoms with Gasteiger partial charge in [0.15, 0.2) is 0 Å². The molecule has 0 unspecified atom stereocenters. The Morgan fingerprint density at radius 1 is 1.22 bits per heavy atom. The number of pyridine rings is 1. The number of hydrogen-bond acceptors (Lipinski definition) is 3. The SMILES string of the molecule is CNCc1c(C)cc(C)nc1-n1cnc(C)c1C. The van der Waals surface area contributed by atoms with E-state index in [1.54, 1.807) is 0 Å². The molecule has 4 nitrogen and oxygen atoms in total.